The standard InChI is InChI=1S/C16H21N3OS2/c1-11-4-2-6-19(13(11)9-17)15(20)8-12-10-22-16(18-12)14-5-3-7-21-14/h3,5,7,10-11,13H,2,4,6,8-9,17H2,1H3/t11-,13+/m0/s1. The summed E-state index contributed by atoms with van der Waals surface area (Å²) in [5.41, 5.74) is 6.75. The second kappa shape index (κ2) is 6.89. The lowest BCUT2D eigenvalue weighted by Gasteiger charge is -2.39. The van der Waals surface area contributed by atoms with E-state index in [0.717, 1.165) is 35.0 Å². The van der Waals surface area contributed by atoms with Crippen LogP contribution in [0.15, 0.2) is 22.9 Å². The third kappa shape index (κ3) is 3.24. The molecule has 2 aromatic rings. The Kier molecular flexibility index (Phi) is 4.90. The quantitative estimate of drug-likeness (QED) is 0.934. The summed E-state index contributed by atoms with van der Waals surface area (Å²) >= 11 is 3.28. The Balaban J connectivity index is 1.69. The van der Waals surface area contributed by atoms with Gasteiger partial charge < -0.3 is 10.6 Å². The van der Waals surface area contributed by atoms with Crippen LogP contribution in [0.2, 0.25) is 0 Å². The summed E-state index contributed by atoms with van der Waals surface area (Å²) in [5.74, 6) is 0.643. The molecule has 1 saturated heterocycles. The van der Waals surface area contributed by atoms with Gasteiger partial charge in [0.1, 0.15) is 5.01 Å². The molecule has 1 aliphatic rings. The minimum absolute atomic E-state index is 0.157. The first-order valence-electron chi connectivity index (χ1n) is 7.67. The number of thiophene rings is 1. The summed E-state index contributed by atoms with van der Waals surface area (Å²) < 4.78 is 0. The van der Waals surface area contributed by atoms with Gasteiger partial charge in [-0.3, -0.25) is 4.79 Å². The molecule has 0 bridgehead atoms. The van der Waals surface area contributed by atoms with E-state index < -0.39 is 0 Å². The molecular formula is C16H21N3OS2. The van der Waals surface area contributed by atoms with Crippen molar-refractivity contribution in [1.29, 1.82) is 0 Å². The molecule has 0 radical (unpaired) electrons. The van der Waals surface area contributed by atoms with Crippen LogP contribution in [0, 0.1) is 5.92 Å². The van der Waals surface area contributed by atoms with Crippen LogP contribution in [0.25, 0.3) is 9.88 Å². The van der Waals surface area contributed by atoms with Crippen LogP contribution >= 0.6 is 22.7 Å². The molecule has 2 atom stereocenters. The van der Waals surface area contributed by atoms with Crippen LogP contribution in [0.3, 0.4) is 0 Å². The number of rotatable bonds is 4. The van der Waals surface area contributed by atoms with E-state index in [1.165, 1.54) is 0 Å². The third-order valence-corrected chi connectivity index (χ3v) is 6.22. The highest BCUT2D eigenvalue weighted by Gasteiger charge is 2.30. The van der Waals surface area contributed by atoms with Gasteiger partial charge in [0.2, 0.25) is 5.91 Å². The molecule has 0 aliphatic carbocycles. The van der Waals surface area contributed by atoms with Crippen LogP contribution < -0.4 is 5.73 Å². The number of thiazole rings is 1. The molecule has 3 heterocycles. The van der Waals surface area contributed by atoms with Crippen molar-refractivity contribution in [2.45, 2.75) is 32.2 Å². The molecule has 6 heteroatoms. The fourth-order valence-corrected chi connectivity index (χ4v) is 4.71. The highest BCUT2D eigenvalue weighted by Crippen LogP contribution is 2.28. The number of hydrogen-bond acceptors (Lipinski definition) is 5. The van der Waals surface area contributed by atoms with E-state index in [0.29, 0.717) is 18.9 Å². The summed E-state index contributed by atoms with van der Waals surface area (Å²) in [7, 11) is 0. The van der Waals surface area contributed by atoms with Gasteiger partial charge in [-0.1, -0.05) is 13.0 Å². The molecule has 1 aliphatic heterocycles. The van der Waals surface area contributed by atoms with E-state index in [1.807, 2.05) is 21.7 Å². The largest absolute Gasteiger partial charge is 0.338 e. The zero-order valence-electron chi connectivity index (χ0n) is 12.7. The predicted octanol–water partition coefficient (Wildman–Crippen LogP) is 3.00. The van der Waals surface area contributed by atoms with Gasteiger partial charge in [0.15, 0.2) is 0 Å². The highest BCUT2D eigenvalue weighted by molar-refractivity contribution is 7.20. The molecule has 4 nitrogen and oxygen atoms in total. The number of piperidine rings is 1. The molecule has 2 N–H and O–H groups in total. The topological polar surface area (TPSA) is 59.2 Å². The third-order valence-electron chi connectivity index (χ3n) is 4.29. The predicted molar refractivity (Wildman–Crippen MR) is 92.1 cm³/mol. The van der Waals surface area contributed by atoms with Gasteiger partial charge in [-0.2, -0.15) is 0 Å². The summed E-state index contributed by atoms with van der Waals surface area (Å²) in [5, 5.41) is 5.04. The number of aromatic nitrogens is 1. The molecule has 0 spiro atoms. The second-order valence-corrected chi connectivity index (χ2v) is 7.61. The lowest BCUT2D eigenvalue weighted by Crippen LogP contribution is -2.51. The van der Waals surface area contributed by atoms with Crippen molar-refractivity contribution in [3.63, 3.8) is 0 Å². The molecule has 1 fully saturated rings. The van der Waals surface area contributed by atoms with Crippen LogP contribution in [-0.4, -0.2) is 34.9 Å². The number of hydrogen-bond donors (Lipinski definition) is 1. The molecule has 0 aromatic carbocycles. The van der Waals surface area contributed by atoms with Gasteiger partial charge in [0, 0.05) is 24.5 Å². The number of nitrogens with zero attached hydrogens (tertiary/aromatic N) is 2. The van der Waals surface area contributed by atoms with Crippen molar-refractivity contribution in [3.8, 4) is 9.88 Å². The number of nitrogens with two attached hydrogens (primary N) is 1. The minimum Gasteiger partial charge on any atom is -0.338 e. The lowest BCUT2D eigenvalue weighted by atomic mass is 9.90. The van der Waals surface area contributed by atoms with E-state index >= 15 is 0 Å². The summed E-state index contributed by atoms with van der Waals surface area (Å²) in [4.78, 5) is 20.4. The fourth-order valence-electron chi connectivity index (χ4n) is 3.08. The minimum atomic E-state index is 0.157. The van der Waals surface area contributed by atoms with E-state index in [4.69, 9.17) is 5.73 Å². The van der Waals surface area contributed by atoms with Gasteiger partial charge in [0.05, 0.1) is 17.0 Å². The van der Waals surface area contributed by atoms with Crippen molar-refractivity contribution in [3.05, 3.63) is 28.6 Å². The van der Waals surface area contributed by atoms with Crippen LogP contribution in [0.5, 0.6) is 0 Å². The monoisotopic (exact) mass is 335 g/mol. The number of likely N-dealkylation sites (tertiary alicyclic amines) is 1. The molecule has 3 rings (SSSR count). The SMILES string of the molecule is C[C@H]1CCCN(C(=O)Cc2csc(-c3cccs3)n2)[C@@H]1CN. The van der Waals surface area contributed by atoms with Crippen LogP contribution in [-0.2, 0) is 11.2 Å². The van der Waals surface area contributed by atoms with Crippen LogP contribution in [0.4, 0.5) is 0 Å². The Morgan fingerprint density at radius 3 is 3.09 bits per heavy atom. The van der Waals surface area contributed by atoms with E-state index in [2.05, 4.69) is 18.0 Å². The normalized spacial score (nSPS) is 22.0. The Bertz CT molecular complexity index is 623. The summed E-state index contributed by atoms with van der Waals surface area (Å²) in [6, 6.07) is 4.26. The van der Waals surface area contributed by atoms with E-state index in [1.54, 1.807) is 22.7 Å². The Labute approximate surface area is 139 Å². The molecule has 118 valence electrons. The van der Waals surface area contributed by atoms with Crippen molar-refractivity contribution >= 4 is 28.6 Å². The maximum Gasteiger partial charge on any atom is 0.228 e. The zero-order valence-corrected chi connectivity index (χ0v) is 14.3. The van der Waals surface area contributed by atoms with Crippen molar-refractivity contribution < 1.29 is 4.79 Å². The zero-order chi connectivity index (χ0) is 15.5. The van der Waals surface area contributed by atoms with E-state index in [-0.39, 0.29) is 11.9 Å². The molecule has 1 amide bonds. The Morgan fingerprint density at radius 1 is 1.50 bits per heavy atom. The second-order valence-electron chi connectivity index (χ2n) is 5.81. The van der Waals surface area contributed by atoms with Gasteiger partial charge in [0.25, 0.3) is 0 Å². The number of carbonyl (C=O) groups is 1. The molecule has 0 unspecified atom stereocenters. The first-order chi connectivity index (χ1) is 10.7. The Hall–Kier alpha value is -1.24. The average Bonchev–Trinajstić information content (AvgIpc) is 3.17. The first kappa shape index (κ1) is 15.6. The Morgan fingerprint density at radius 2 is 2.36 bits per heavy atom. The maximum absolute atomic E-state index is 12.6. The van der Waals surface area contributed by atoms with Gasteiger partial charge in [-0.15, -0.1) is 22.7 Å². The smallest absolute Gasteiger partial charge is 0.228 e. The molecule has 0 saturated carbocycles. The van der Waals surface area contributed by atoms with E-state index in [9.17, 15) is 4.79 Å². The average molecular weight is 335 g/mol. The van der Waals surface area contributed by atoms with Gasteiger partial charge in [-0.25, -0.2) is 4.98 Å². The molecule has 22 heavy (non-hydrogen) atoms. The van der Waals surface area contributed by atoms with Gasteiger partial charge >= 0.3 is 0 Å². The van der Waals surface area contributed by atoms with Crippen molar-refractivity contribution in [1.82, 2.24) is 9.88 Å². The summed E-state index contributed by atoms with van der Waals surface area (Å²) in [6.45, 7) is 3.56. The molecule has 2 aromatic heterocycles. The first-order valence-corrected chi connectivity index (χ1v) is 9.42. The van der Waals surface area contributed by atoms with Gasteiger partial charge in [-0.05, 0) is 30.2 Å². The van der Waals surface area contributed by atoms with Crippen molar-refractivity contribution in [2.75, 3.05) is 13.1 Å². The highest BCUT2D eigenvalue weighted by atomic mass is 32.1. The summed E-state index contributed by atoms with van der Waals surface area (Å²) in [6.07, 6.45) is 2.61. The molecular weight excluding hydrogens is 314 g/mol. The number of carbonyl (C=O) groups excluding carboxylic acids is 1. The van der Waals surface area contributed by atoms with Crippen LogP contribution in [0.1, 0.15) is 25.5 Å². The lowest BCUT2D eigenvalue weighted by molar-refractivity contribution is -0.135. The fraction of sp³-hybridized carbons (Fsp3) is 0.500. The maximum atomic E-state index is 12.6. The van der Waals surface area contributed by atoms with Crippen molar-refractivity contribution in [2.24, 2.45) is 11.7 Å². The number of amides is 1.